The number of hydrogen-bond acceptors (Lipinski definition) is 3. The van der Waals surface area contributed by atoms with Gasteiger partial charge < -0.3 is 10.1 Å². The number of aryl methyl sites for hydroxylation is 1. The molecule has 4 heteroatoms. The number of esters is 1. The van der Waals surface area contributed by atoms with E-state index < -0.39 is 6.04 Å². The van der Waals surface area contributed by atoms with Crippen molar-refractivity contribution in [2.75, 3.05) is 12.4 Å². The number of carbonyl (C=O) groups is 1. The molecule has 0 heterocycles. The van der Waals surface area contributed by atoms with Crippen LogP contribution in [0.3, 0.4) is 0 Å². The van der Waals surface area contributed by atoms with Gasteiger partial charge in [-0.1, -0.05) is 53.2 Å². The topological polar surface area (TPSA) is 38.3 Å². The van der Waals surface area contributed by atoms with Crippen molar-refractivity contribution in [1.82, 2.24) is 0 Å². The molecular weight excluding hydrogens is 330 g/mol. The van der Waals surface area contributed by atoms with Crippen LogP contribution in [-0.4, -0.2) is 13.1 Å². The fraction of sp³-hybridized carbons (Fsp3) is 0.235. The van der Waals surface area contributed by atoms with Gasteiger partial charge in [0.25, 0.3) is 0 Å². The Kier molecular flexibility index (Phi) is 5.39. The van der Waals surface area contributed by atoms with Crippen molar-refractivity contribution in [2.24, 2.45) is 0 Å². The first-order chi connectivity index (χ1) is 10.2. The van der Waals surface area contributed by atoms with Crippen LogP contribution in [0.25, 0.3) is 0 Å². The van der Waals surface area contributed by atoms with Crippen LogP contribution in [-0.2, 0) is 16.0 Å². The predicted octanol–water partition coefficient (Wildman–Crippen LogP) is 4.34. The maximum atomic E-state index is 12.2. The highest BCUT2D eigenvalue weighted by Gasteiger charge is 2.23. The predicted molar refractivity (Wildman–Crippen MR) is 88.3 cm³/mol. The van der Waals surface area contributed by atoms with Crippen molar-refractivity contribution in [3.05, 3.63) is 64.1 Å². The van der Waals surface area contributed by atoms with E-state index in [0.29, 0.717) is 0 Å². The number of ether oxygens (including phenoxy) is 1. The fourth-order valence-electron chi connectivity index (χ4n) is 2.26. The maximum Gasteiger partial charge on any atom is 0.332 e. The van der Waals surface area contributed by atoms with Gasteiger partial charge in [0.05, 0.1) is 7.11 Å². The summed E-state index contributed by atoms with van der Waals surface area (Å²) >= 11 is 3.43. The summed E-state index contributed by atoms with van der Waals surface area (Å²) in [7, 11) is 1.41. The summed E-state index contributed by atoms with van der Waals surface area (Å²) in [5.74, 6) is -0.295. The van der Waals surface area contributed by atoms with Crippen LogP contribution in [0.1, 0.15) is 24.1 Å². The number of methoxy groups -OCH3 is 1. The molecule has 1 unspecified atom stereocenters. The van der Waals surface area contributed by atoms with Gasteiger partial charge in [-0.15, -0.1) is 0 Å². The largest absolute Gasteiger partial charge is 0.467 e. The van der Waals surface area contributed by atoms with Gasteiger partial charge >= 0.3 is 5.97 Å². The van der Waals surface area contributed by atoms with Crippen molar-refractivity contribution >= 4 is 27.6 Å². The summed E-state index contributed by atoms with van der Waals surface area (Å²) in [5, 5.41) is 3.26. The Morgan fingerprint density at radius 3 is 2.67 bits per heavy atom. The number of carbonyl (C=O) groups excluding carboxylic acids is 1. The fourth-order valence-corrected chi connectivity index (χ4v) is 2.66. The molecule has 1 atom stereocenters. The quantitative estimate of drug-likeness (QED) is 0.817. The van der Waals surface area contributed by atoms with E-state index in [-0.39, 0.29) is 5.97 Å². The third kappa shape index (κ3) is 3.85. The van der Waals surface area contributed by atoms with Crippen molar-refractivity contribution < 1.29 is 9.53 Å². The molecule has 0 aliphatic heterocycles. The van der Waals surface area contributed by atoms with Gasteiger partial charge in [0, 0.05) is 10.2 Å². The molecule has 1 N–H and O–H groups in total. The minimum atomic E-state index is -0.513. The second-order valence-corrected chi connectivity index (χ2v) is 5.58. The third-order valence-corrected chi connectivity index (χ3v) is 3.81. The van der Waals surface area contributed by atoms with Crippen LogP contribution in [0.2, 0.25) is 0 Å². The smallest absolute Gasteiger partial charge is 0.332 e. The lowest BCUT2D eigenvalue weighted by Gasteiger charge is -2.20. The Hall–Kier alpha value is -1.81. The highest BCUT2D eigenvalue weighted by molar-refractivity contribution is 9.10. The second kappa shape index (κ2) is 7.27. The van der Waals surface area contributed by atoms with Gasteiger partial charge in [-0.3, -0.25) is 0 Å². The average molecular weight is 348 g/mol. The standard InChI is InChI=1S/C17H18BrNO2/c1-3-12-7-4-5-10-15(12)16(17(20)21-2)19-14-9-6-8-13(18)11-14/h4-11,16,19H,3H2,1-2H3. The van der Waals surface area contributed by atoms with Crippen molar-refractivity contribution in [2.45, 2.75) is 19.4 Å². The van der Waals surface area contributed by atoms with Gasteiger partial charge in [-0.25, -0.2) is 4.79 Å². The number of anilines is 1. The number of benzene rings is 2. The first-order valence-corrected chi connectivity index (χ1v) is 7.62. The molecule has 0 bridgehead atoms. The average Bonchev–Trinajstić information content (AvgIpc) is 2.52. The van der Waals surface area contributed by atoms with Crippen molar-refractivity contribution in [3.63, 3.8) is 0 Å². The summed E-state index contributed by atoms with van der Waals surface area (Å²) in [6, 6.07) is 15.1. The lowest BCUT2D eigenvalue weighted by molar-refractivity contribution is -0.141. The molecule has 0 aromatic heterocycles. The molecule has 0 aliphatic carbocycles. The minimum absolute atomic E-state index is 0.295. The van der Waals surface area contributed by atoms with Gasteiger partial charge in [-0.05, 0) is 35.7 Å². The monoisotopic (exact) mass is 347 g/mol. The van der Waals surface area contributed by atoms with E-state index in [1.165, 1.54) is 7.11 Å². The molecular formula is C17H18BrNO2. The molecule has 21 heavy (non-hydrogen) atoms. The summed E-state index contributed by atoms with van der Waals surface area (Å²) < 4.78 is 5.91. The molecule has 0 spiro atoms. The Morgan fingerprint density at radius 2 is 2.00 bits per heavy atom. The Bertz CT molecular complexity index is 628. The molecule has 0 aliphatic rings. The molecule has 0 saturated carbocycles. The lowest BCUT2D eigenvalue weighted by Crippen LogP contribution is -2.23. The Labute approximate surface area is 133 Å². The molecule has 110 valence electrons. The van der Waals surface area contributed by atoms with Crippen LogP contribution in [0.15, 0.2) is 53.0 Å². The number of halogens is 1. The van der Waals surface area contributed by atoms with E-state index in [0.717, 1.165) is 27.7 Å². The summed E-state index contributed by atoms with van der Waals surface area (Å²) in [4.78, 5) is 12.2. The van der Waals surface area contributed by atoms with E-state index in [2.05, 4.69) is 28.2 Å². The minimum Gasteiger partial charge on any atom is -0.467 e. The van der Waals surface area contributed by atoms with E-state index in [1.54, 1.807) is 0 Å². The zero-order valence-electron chi connectivity index (χ0n) is 12.1. The van der Waals surface area contributed by atoms with Gasteiger partial charge in [0.15, 0.2) is 6.04 Å². The molecule has 2 rings (SSSR count). The van der Waals surface area contributed by atoms with E-state index in [4.69, 9.17) is 4.74 Å². The Morgan fingerprint density at radius 1 is 1.24 bits per heavy atom. The summed E-state index contributed by atoms with van der Waals surface area (Å²) in [6.07, 6.45) is 0.865. The Balaban J connectivity index is 2.37. The zero-order valence-corrected chi connectivity index (χ0v) is 13.7. The normalized spacial score (nSPS) is 11.8. The summed E-state index contributed by atoms with van der Waals surface area (Å²) in [6.45, 7) is 2.08. The number of nitrogens with one attached hydrogen (secondary N) is 1. The maximum absolute atomic E-state index is 12.2. The van der Waals surface area contributed by atoms with Gasteiger partial charge in [0.2, 0.25) is 0 Å². The molecule has 0 radical (unpaired) electrons. The lowest BCUT2D eigenvalue weighted by atomic mass is 9.98. The first-order valence-electron chi connectivity index (χ1n) is 6.83. The van der Waals surface area contributed by atoms with Crippen molar-refractivity contribution in [1.29, 1.82) is 0 Å². The molecule has 3 nitrogen and oxygen atoms in total. The molecule has 0 saturated heterocycles. The molecule has 2 aromatic rings. The van der Waals surface area contributed by atoms with Crippen molar-refractivity contribution in [3.8, 4) is 0 Å². The summed E-state index contributed by atoms with van der Waals surface area (Å²) in [5.41, 5.74) is 2.95. The van der Waals surface area contributed by atoms with E-state index >= 15 is 0 Å². The van der Waals surface area contributed by atoms with Gasteiger partial charge in [-0.2, -0.15) is 0 Å². The number of hydrogen-bond donors (Lipinski definition) is 1. The zero-order chi connectivity index (χ0) is 15.2. The van der Waals surface area contributed by atoms with Crippen LogP contribution in [0.5, 0.6) is 0 Å². The molecule has 0 amide bonds. The van der Waals surface area contributed by atoms with Crippen LogP contribution >= 0.6 is 15.9 Å². The van der Waals surface area contributed by atoms with Crippen LogP contribution < -0.4 is 5.32 Å². The third-order valence-electron chi connectivity index (χ3n) is 3.32. The second-order valence-electron chi connectivity index (χ2n) is 4.66. The molecule has 0 fully saturated rings. The van der Waals surface area contributed by atoms with Gasteiger partial charge in [0.1, 0.15) is 0 Å². The van der Waals surface area contributed by atoms with E-state index in [1.807, 2.05) is 48.5 Å². The highest BCUT2D eigenvalue weighted by Crippen LogP contribution is 2.26. The van der Waals surface area contributed by atoms with E-state index in [9.17, 15) is 4.79 Å². The van der Waals surface area contributed by atoms with Crippen LogP contribution in [0.4, 0.5) is 5.69 Å². The van der Waals surface area contributed by atoms with Crippen LogP contribution in [0, 0.1) is 0 Å². The molecule has 2 aromatic carbocycles. The first kappa shape index (κ1) is 15.6. The SMILES string of the molecule is CCc1ccccc1C(Nc1cccc(Br)c1)C(=O)OC. The number of rotatable bonds is 5. The highest BCUT2D eigenvalue weighted by atomic mass is 79.9.